The second-order valence-corrected chi connectivity index (χ2v) is 7.54. The first-order valence-electron chi connectivity index (χ1n) is 9.14. The van der Waals surface area contributed by atoms with Crippen LogP contribution in [0.15, 0.2) is 42.5 Å². The van der Waals surface area contributed by atoms with E-state index in [9.17, 15) is 4.79 Å². The molecule has 0 heterocycles. The Kier molecular flexibility index (Phi) is 7.10. The van der Waals surface area contributed by atoms with Gasteiger partial charge < -0.3 is 19.5 Å². The van der Waals surface area contributed by atoms with Gasteiger partial charge in [-0.1, -0.05) is 45.1 Å². The molecule has 2 aromatic rings. The number of nitrogens with one attached hydrogen (secondary N) is 1. The van der Waals surface area contributed by atoms with Crippen LogP contribution in [-0.2, 0) is 6.54 Å². The number of ether oxygens (including phenoxy) is 3. The van der Waals surface area contributed by atoms with Crippen LogP contribution in [0.2, 0.25) is 0 Å². The molecule has 0 aliphatic heterocycles. The molecule has 150 valence electrons. The molecule has 0 saturated carbocycles. The van der Waals surface area contributed by atoms with Crippen LogP contribution in [0.3, 0.4) is 0 Å². The molecule has 2 rings (SSSR count). The summed E-state index contributed by atoms with van der Waals surface area (Å²) in [6, 6.07) is 11.2. The summed E-state index contributed by atoms with van der Waals surface area (Å²) in [4.78, 5) is 12.5. The number of benzene rings is 2. The summed E-state index contributed by atoms with van der Waals surface area (Å²) in [5, 5.41) is 2.92. The van der Waals surface area contributed by atoms with Crippen molar-refractivity contribution >= 4 is 12.0 Å². The Hall–Kier alpha value is -2.95. The first-order chi connectivity index (χ1) is 13.3. The van der Waals surface area contributed by atoms with Crippen molar-refractivity contribution in [3.05, 3.63) is 59.2 Å². The van der Waals surface area contributed by atoms with Crippen LogP contribution >= 0.6 is 0 Å². The lowest BCUT2D eigenvalue weighted by molar-refractivity contribution is 0.0951. The highest BCUT2D eigenvalue weighted by atomic mass is 16.5. The molecule has 5 nitrogen and oxygen atoms in total. The number of hydrogen-bond donors (Lipinski definition) is 1. The van der Waals surface area contributed by atoms with Crippen LogP contribution in [-0.4, -0.2) is 27.2 Å². The maximum absolute atomic E-state index is 12.5. The topological polar surface area (TPSA) is 56.8 Å². The SMILES string of the molecule is COc1cc(CNC(=O)c2ccc(/C=C/C(C)(C)C)cc2)cc(OC)c1OC. The second kappa shape index (κ2) is 9.31. The molecule has 0 saturated heterocycles. The highest BCUT2D eigenvalue weighted by Crippen LogP contribution is 2.38. The average molecular weight is 383 g/mol. The van der Waals surface area contributed by atoms with Gasteiger partial charge in [-0.2, -0.15) is 0 Å². The minimum Gasteiger partial charge on any atom is -0.493 e. The Morgan fingerprint density at radius 3 is 2.00 bits per heavy atom. The second-order valence-electron chi connectivity index (χ2n) is 7.54. The average Bonchev–Trinajstić information content (AvgIpc) is 2.69. The molecular formula is C23H29NO4. The van der Waals surface area contributed by atoms with Gasteiger partial charge in [-0.15, -0.1) is 0 Å². The fourth-order valence-electron chi connectivity index (χ4n) is 2.61. The zero-order valence-corrected chi connectivity index (χ0v) is 17.5. The number of hydrogen-bond acceptors (Lipinski definition) is 4. The third-order valence-corrected chi connectivity index (χ3v) is 4.13. The van der Waals surface area contributed by atoms with E-state index in [-0.39, 0.29) is 11.3 Å². The standard InChI is InChI=1S/C23H29NO4/c1-23(2,3)12-11-16-7-9-18(10-8-16)22(25)24-15-17-13-19(26-4)21(28-6)20(14-17)27-5/h7-14H,15H2,1-6H3,(H,24,25)/b12-11+. The van der Waals surface area contributed by atoms with E-state index in [2.05, 4.69) is 38.2 Å². The fraction of sp³-hybridized carbons (Fsp3) is 0.348. The van der Waals surface area contributed by atoms with Gasteiger partial charge in [0.05, 0.1) is 21.3 Å². The molecule has 28 heavy (non-hydrogen) atoms. The van der Waals surface area contributed by atoms with Gasteiger partial charge in [-0.3, -0.25) is 4.79 Å². The maximum atomic E-state index is 12.5. The lowest BCUT2D eigenvalue weighted by atomic mass is 9.95. The number of amides is 1. The van der Waals surface area contributed by atoms with Gasteiger partial charge in [0.1, 0.15) is 0 Å². The van der Waals surface area contributed by atoms with Crippen molar-refractivity contribution in [2.24, 2.45) is 5.41 Å². The Labute approximate surface area is 167 Å². The smallest absolute Gasteiger partial charge is 0.251 e. The minimum absolute atomic E-state index is 0.122. The fourth-order valence-corrected chi connectivity index (χ4v) is 2.61. The molecule has 0 aromatic heterocycles. The molecule has 0 radical (unpaired) electrons. The van der Waals surface area contributed by atoms with E-state index < -0.39 is 0 Å². The molecule has 0 unspecified atom stereocenters. The third kappa shape index (κ3) is 5.78. The molecule has 0 aliphatic carbocycles. The van der Waals surface area contributed by atoms with Gasteiger partial charge in [-0.25, -0.2) is 0 Å². The molecule has 5 heteroatoms. The van der Waals surface area contributed by atoms with Crippen LogP contribution in [0.25, 0.3) is 6.08 Å². The van der Waals surface area contributed by atoms with Crippen molar-refractivity contribution in [2.45, 2.75) is 27.3 Å². The summed E-state index contributed by atoms with van der Waals surface area (Å²) in [5.74, 6) is 1.50. The van der Waals surface area contributed by atoms with E-state index in [1.165, 1.54) is 0 Å². The van der Waals surface area contributed by atoms with E-state index in [0.717, 1.165) is 11.1 Å². The number of carbonyl (C=O) groups excluding carboxylic acids is 1. The zero-order valence-electron chi connectivity index (χ0n) is 17.5. The first-order valence-corrected chi connectivity index (χ1v) is 9.14. The predicted molar refractivity (Wildman–Crippen MR) is 112 cm³/mol. The molecule has 0 bridgehead atoms. The molecule has 0 aliphatic rings. The molecule has 0 atom stereocenters. The van der Waals surface area contributed by atoms with Crippen molar-refractivity contribution in [3.63, 3.8) is 0 Å². The van der Waals surface area contributed by atoms with Gasteiger partial charge >= 0.3 is 0 Å². The van der Waals surface area contributed by atoms with Crippen molar-refractivity contribution in [3.8, 4) is 17.2 Å². The lowest BCUT2D eigenvalue weighted by Gasteiger charge is -2.14. The van der Waals surface area contributed by atoms with E-state index in [4.69, 9.17) is 14.2 Å². The summed E-state index contributed by atoms with van der Waals surface area (Å²) in [7, 11) is 4.69. The monoisotopic (exact) mass is 383 g/mol. The van der Waals surface area contributed by atoms with E-state index >= 15 is 0 Å². The summed E-state index contributed by atoms with van der Waals surface area (Å²) in [5.41, 5.74) is 2.65. The van der Waals surface area contributed by atoms with E-state index in [1.54, 1.807) is 21.3 Å². The Morgan fingerprint density at radius 2 is 1.54 bits per heavy atom. The summed E-state index contributed by atoms with van der Waals surface area (Å²) < 4.78 is 16.0. The Bertz CT molecular complexity index is 808. The molecule has 1 N–H and O–H groups in total. The van der Waals surface area contributed by atoms with Gasteiger partial charge in [0.15, 0.2) is 11.5 Å². The Balaban J connectivity index is 2.07. The van der Waals surface area contributed by atoms with Crippen molar-refractivity contribution in [1.29, 1.82) is 0 Å². The van der Waals surface area contributed by atoms with Crippen LogP contribution in [0.5, 0.6) is 17.2 Å². The lowest BCUT2D eigenvalue weighted by Crippen LogP contribution is -2.22. The first kappa shape index (κ1) is 21.4. The zero-order chi connectivity index (χ0) is 20.7. The number of carbonyl (C=O) groups is 1. The molecule has 0 fully saturated rings. The van der Waals surface area contributed by atoms with Crippen molar-refractivity contribution in [2.75, 3.05) is 21.3 Å². The van der Waals surface area contributed by atoms with Crippen LogP contribution in [0.4, 0.5) is 0 Å². The number of allylic oxidation sites excluding steroid dienone is 1. The molecular weight excluding hydrogens is 354 g/mol. The highest BCUT2D eigenvalue weighted by Gasteiger charge is 2.14. The van der Waals surface area contributed by atoms with Gasteiger partial charge in [0, 0.05) is 12.1 Å². The minimum atomic E-state index is -0.139. The van der Waals surface area contributed by atoms with E-state index in [0.29, 0.717) is 29.4 Å². The normalized spacial score (nSPS) is 11.4. The van der Waals surface area contributed by atoms with Gasteiger partial charge in [0.2, 0.25) is 5.75 Å². The van der Waals surface area contributed by atoms with Crippen LogP contribution < -0.4 is 19.5 Å². The molecule has 1 amide bonds. The van der Waals surface area contributed by atoms with Crippen LogP contribution in [0, 0.1) is 5.41 Å². The molecule has 0 spiro atoms. The largest absolute Gasteiger partial charge is 0.493 e. The predicted octanol–water partition coefficient (Wildman–Crippen LogP) is 4.70. The number of methoxy groups -OCH3 is 3. The highest BCUT2D eigenvalue weighted by molar-refractivity contribution is 5.94. The van der Waals surface area contributed by atoms with Crippen molar-refractivity contribution in [1.82, 2.24) is 5.32 Å². The molecule has 2 aromatic carbocycles. The number of rotatable bonds is 7. The summed E-state index contributed by atoms with van der Waals surface area (Å²) in [6.45, 7) is 6.79. The van der Waals surface area contributed by atoms with Gasteiger partial charge in [-0.05, 0) is 40.8 Å². The quantitative estimate of drug-likeness (QED) is 0.753. The van der Waals surface area contributed by atoms with Crippen molar-refractivity contribution < 1.29 is 19.0 Å². The van der Waals surface area contributed by atoms with Crippen LogP contribution in [0.1, 0.15) is 42.3 Å². The Morgan fingerprint density at radius 1 is 0.964 bits per heavy atom. The van der Waals surface area contributed by atoms with Gasteiger partial charge in [0.25, 0.3) is 5.91 Å². The summed E-state index contributed by atoms with van der Waals surface area (Å²) >= 11 is 0. The maximum Gasteiger partial charge on any atom is 0.251 e. The summed E-state index contributed by atoms with van der Waals surface area (Å²) in [6.07, 6.45) is 4.21. The van der Waals surface area contributed by atoms with E-state index in [1.807, 2.05) is 36.4 Å². The third-order valence-electron chi connectivity index (χ3n) is 4.13.